The average Bonchev–Trinajstić information content (AvgIpc) is 2.94. The molecule has 1 fully saturated rings. The molecule has 104 valence electrons. The predicted octanol–water partition coefficient (Wildman–Crippen LogP) is 2.29. The van der Waals surface area contributed by atoms with E-state index in [9.17, 15) is 4.79 Å². The molecule has 2 heterocycles. The molecule has 5 heteroatoms. The number of nitrogens with zero attached hydrogens (tertiary/aromatic N) is 3. The van der Waals surface area contributed by atoms with E-state index in [1.807, 2.05) is 30.3 Å². The van der Waals surface area contributed by atoms with Gasteiger partial charge in [-0.05, 0) is 24.1 Å². The molecule has 1 saturated heterocycles. The van der Waals surface area contributed by atoms with Crippen LogP contribution in [0.3, 0.4) is 0 Å². The molecule has 5 nitrogen and oxygen atoms in total. The summed E-state index contributed by atoms with van der Waals surface area (Å²) in [4.78, 5) is 17.9. The third-order valence-corrected chi connectivity index (χ3v) is 3.43. The number of hydrogen-bond donors (Lipinski definition) is 1. The number of benzene rings is 1. The second kappa shape index (κ2) is 5.63. The molecule has 21 heavy (non-hydrogen) atoms. The van der Waals surface area contributed by atoms with Crippen molar-refractivity contribution in [3.8, 4) is 6.19 Å². The van der Waals surface area contributed by atoms with Crippen LogP contribution in [-0.4, -0.2) is 28.9 Å². The zero-order chi connectivity index (χ0) is 14.7. The number of rotatable bonds is 2. The minimum atomic E-state index is -0.179. The van der Waals surface area contributed by atoms with E-state index >= 15 is 0 Å². The van der Waals surface area contributed by atoms with Crippen LogP contribution in [0.25, 0.3) is 10.9 Å². The molecule has 0 aliphatic carbocycles. The van der Waals surface area contributed by atoms with Crippen LogP contribution in [0.5, 0.6) is 0 Å². The molecule has 1 aliphatic rings. The number of para-hydroxylation sites is 1. The van der Waals surface area contributed by atoms with E-state index in [4.69, 9.17) is 5.26 Å². The van der Waals surface area contributed by atoms with Crippen molar-refractivity contribution in [2.24, 2.45) is 0 Å². The Morgan fingerprint density at radius 3 is 3.10 bits per heavy atom. The molecule has 1 aromatic carbocycles. The van der Waals surface area contributed by atoms with Crippen molar-refractivity contribution in [1.29, 1.82) is 5.26 Å². The normalized spacial score (nSPS) is 16.1. The first-order chi connectivity index (χ1) is 10.2. The predicted molar refractivity (Wildman–Crippen MR) is 80.3 cm³/mol. The number of likely N-dealkylation sites (tertiary alicyclic amines) is 1. The fraction of sp³-hybridized carbons (Fsp3) is 0.188. The summed E-state index contributed by atoms with van der Waals surface area (Å²) in [6.45, 7) is 1.23. The zero-order valence-electron chi connectivity index (χ0n) is 11.4. The highest BCUT2D eigenvalue weighted by atomic mass is 16.1. The quantitative estimate of drug-likeness (QED) is 0.676. The van der Waals surface area contributed by atoms with Gasteiger partial charge in [0.25, 0.3) is 0 Å². The SMILES string of the molecule is N#CN1CC/C(=C/C(=O)Nc2cnc3ccccc3c2)C1. The maximum atomic E-state index is 12.0. The summed E-state index contributed by atoms with van der Waals surface area (Å²) in [6.07, 6.45) is 6.07. The standard InChI is InChI=1S/C16H14N4O/c17-11-20-6-5-12(10-20)7-16(21)19-14-8-13-3-1-2-4-15(13)18-9-14/h1-4,7-9H,5-6,10H2,(H,19,21)/b12-7-. The van der Waals surface area contributed by atoms with E-state index < -0.39 is 0 Å². The van der Waals surface area contributed by atoms with E-state index in [1.165, 1.54) is 0 Å². The number of aromatic nitrogens is 1. The van der Waals surface area contributed by atoms with Gasteiger partial charge >= 0.3 is 0 Å². The Hall–Kier alpha value is -2.87. The van der Waals surface area contributed by atoms with Crippen LogP contribution in [0.15, 0.2) is 48.2 Å². The van der Waals surface area contributed by atoms with Gasteiger partial charge in [-0.2, -0.15) is 5.26 Å². The van der Waals surface area contributed by atoms with E-state index in [-0.39, 0.29) is 5.91 Å². The number of anilines is 1. The number of amides is 1. The molecular formula is C16H14N4O. The summed E-state index contributed by atoms with van der Waals surface area (Å²) < 4.78 is 0. The first kappa shape index (κ1) is 13.1. The highest BCUT2D eigenvalue weighted by molar-refractivity contribution is 6.00. The second-order valence-corrected chi connectivity index (χ2v) is 4.98. The number of carbonyl (C=O) groups is 1. The molecule has 0 spiro atoms. The Balaban J connectivity index is 1.72. The summed E-state index contributed by atoms with van der Waals surface area (Å²) in [7, 11) is 0. The molecule has 0 unspecified atom stereocenters. The van der Waals surface area contributed by atoms with Gasteiger partial charge in [-0.3, -0.25) is 9.78 Å². The van der Waals surface area contributed by atoms with Gasteiger partial charge in [0, 0.05) is 24.6 Å². The lowest BCUT2D eigenvalue weighted by atomic mass is 10.2. The minimum Gasteiger partial charge on any atom is -0.321 e. The van der Waals surface area contributed by atoms with Crippen molar-refractivity contribution in [3.05, 3.63) is 48.2 Å². The highest BCUT2D eigenvalue weighted by Crippen LogP contribution is 2.17. The molecule has 1 amide bonds. The van der Waals surface area contributed by atoms with Crippen LogP contribution in [0.2, 0.25) is 0 Å². The smallest absolute Gasteiger partial charge is 0.248 e. The molecule has 3 rings (SSSR count). The van der Waals surface area contributed by atoms with Crippen molar-refractivity contribution >= 4 is 22.5 Å². The molecule has 1 N–H and O–H groups in total. The van der Waals surface area contributed by atoms with Crippen molar-refractivity contribution in [2.45, 2.75) is 6.42 Å². The monoisotopic (exact) mass is 278 g/mol. The molecule has 0 radical (unpaired) electrons. The lowest BCUT2D eigenvalue weighted by molar-refractivity contribution is -0.112. The van der Waals surface area contributed by atoms with Gasteiger partial charge in [-0.1, -0.05) is 18.2 Å². The molecule has 2 aromatic rings. The van der Waals surface area contributed by atoms with Crippen LogP contribution in [-0.2, 0) is 4.79 Å². The van der Waals surface area contributed by atoms with E-state index in [0.717, 1.165) is 22.9 Å². The van der Waals surface area contributed by atoms with Gasteiger partial charge in [0.2, 0.25) is 5.91 Å². The lowest BCUT2D eigenvalue weighted by Gasteiger charge is -2.05. The number of hydrogen-bond acceptors (Lipinski definition) is 4. The van der Waals surface area contributed by atoms with E-state index in [0.29, 0.717) is 18.8 Å². The summed E-state index contributed by atoms with van der Waals surface area (Å²) >= 11 is 0. The van der Waals surface area contributed by atoms with Crippen LogP contribution in [0.1, 0.15) is 6.42 Å². The number of pyridine rings is 1. The second-order valence-electron chi connectivity index (χ2n) is 4.98. The van der Waals surface area contributed by atoms with Crippen molar-refractivity contribution in [3.63, 3.8) is 0 Å². The fourth-order valence-electron chi connectivity index (χ4n) is 2.39. The molecular weight excluding hydrogens is 264 g/mol. The van der Waals surface area contributed by atoms with Gasteiger partial charge in [0.1, 0.15) is 0 Å². The van der Waals surface area contributed by atoms with Crippen molar-refractivity contribution in [1.82, 2.24) is 9.88 Å². The first-order valence-electron chi connectivity index (χ1n) is 6.74. The van der Waals surface area contributed by atoms with Crippen LogP contribution in [0, 0.1) is 11.5 Å². The summed E-state index contributed by atoms with van der Waals surface area (Å²) in [5.74, 6) is -0.179. The Morgan fingerprint density at radius 1 is 1.43 bits per heavy atom. The summed E-state index contributed by atoms with van der Waals surface area (Å²) in [5, 5.41) is 12.6. The van der Waals surface area contributed by atoms with Crippen LogP contribution < -0.4 is 5.32 Å². The molecule has 0 bridgehead atoms. The minimum absolute atomic E-state index is 0.179. The Morgan fingerprint density at radius 2 is 2.29 bits per heavy atom. The van der Waals surface area contributed by atoms with E-state index in [1.54, 1.807) is 17.2 Å². The Bertz CT molecular complexity index is 760. The first-order valence-corrected chi connectivity index (χ1v) is 6.74. The largest absolute Gasteiger partial charge is 0.321 e. The number of nitriles is 1. The van der Waals surface area contributed by atoms with Crippen LogP contribution in [0.4, 0.5) is 5.69 Å². The summed E-state index contributed by atoms with van der Waals surface area (Å²) in [6, 6.07) is 9.65. The lowest BCUT2D eigenvalue weighted by Crippen LogP contribution is -2.12. The van der Waals surface area contributed by atoms with Crippen molar-refractivity contribution in [2.75, 3.05) is 18.4 Å². The van der Waals surface area contributed by atoms with Crippen LogP contribution >= 0.6 is 0 Å². The number of carbonyl (C=O) groups excluding carboxylic acids is 1. The van der Waals surface area contributed by atoms with Gasteiger partial charge in [0.05, 0.1) is 17.4 Å². The molecule has 1 aliphatic heterocycles. The maximum absolute atomic E-state index is 12.0. The number of nitrogens with one attached hydrogen (secondary N) is 1. The zero-order valence-corrected chi connectivity index (χ0v) is 11.4. The fourth-order valence-corrected chi connectivity index (χ4v) is 2.39. The third kappa shape index (κ3) is 3.00. The third-order valence-electron chi connectivity index (χ3n) is 3.43. The van der Waals surface area contributed by atoms with Gasteiger partial charge in [-0.25, -0.2) is 0 Å². The Labute approximate surface area is 122 Å². The summed E-state index contributed by atoms with van der Waals surface area (Å²) in [5.41, 5.74) is 2.54. The average molecular weight is 278 g/mol. The van der Waals surface area contributed by atoms with E-state index in [2.05, 4.69) is 16.5 Å². The Kier molecular flexibility index (Phi) is 3.52. The van der Waals surface area contributed by atoms with Gasteiger partial charge < -0.3 is 10.2 Å². The maximum Gasteiger partial charge on any atom is 0.248 e. The van der Waals surface area contributed by atoms with Gasteiger partial charge in [0.15, 0.2) is 6.19 Å². The topological polar surface area (TPSA) is 69.0 Å². The molecule has 0 saturated carbocycles. The molecule has 1 aromatic heterocycles. The van der Waals surface area contributed by atoms with Crippen molar-refractivity contribution < 1.29 is 4.79 Å². The number of fused-ring (bicyclic) bond motifs is 1. The highest BCUT2D eigenvalue weighted by Gasteiger charge is 2.15. The molecule has 0 atom stereocenters. The van der Waals surface area contributed by atoms with Gasteiger partial charge in [-0.15, -0.1) is 0 Å².